The Morgan fingerprint density at radius 1 is 1.27 bits per heavy atom. The number of carboxylic acid groups (broad SMARTS) is 1. The second kappa shape index (κ2) is 4.84. The molecule has 0 spiro atoms. The molecular formula is C10H11F2NO2. The minimum atomic E-state index is -2.52. The van der Waals surface area contributed by atoms with Crippen molar-refractivity contribution < 1.29 is 18.7 Å². The van der Waals surface area contributed by atoms with Gasteiger partial charge in [-0.25, -0.2) is 8.78 Å². The predicted molar refractivity (Wildman–Crippen MR) is 50.6 cm³/mol. The van der Waals surface area contributed by atoms with Crippen LogP contribution in [0, 0.1) is 0 Å². The first-order chi connectivity index (χ1) is 7.00. The number of hydrogen-bond donors (Lipinski definition) is 2. The summed E-state index contributed by atoms with van der Waals surface area (Å²) in [5.41, 5.74) is 6.00. The van der Waals surface area contributed by atoms with Gasteiger partial charge in [-0.1, -0.05) is 24.3 Å². The molecule has 0 aromatic heterocycles. The largest absolute Gasteiger partial charge is 0.481 e. The molecule has 0 unspecified atom stereocenters. The molecule has 1 rings (SSSR count). The van der Waals surface area contributed by atoms with Crippen molar-refractivity contribution in [2.75, 3.05) is 0 Å². The Hall–Kier alpha value is -1.49. The lowest BCUT2D eigenvalue weighted by Crippen LogP contribution is -2.14. The van der Waals surface area contributed by atoms with Crippen LogP contribution in [0.25, 0.3) is 0 Å². The van der Waals surface area contributed by atoms with Crippen molar-refractivity contribution in [3.8, 4) is 0 Å². The fourth-order valence-corrected chi connectivity index (χ4v) is 1.19. The summed E-state index contributed by atoms with van der Waals surface area (Å²) in [6, 6.07) is 4.70. The van der Waals surface area contributed by atoms with Crippen molar-refractivity contribution in [3.05, 3.63) is 35.4 Å². The minimum Gasteiger partial charge on any atom is -0.481 e. The number of rotatable bonds is 4. The highest BCUT2D eigenvalue weighted by Gasteiger charge is 2.12. The van der Waals surface area contributed by atoms with Gasteiger partial charge in [-0.2, -0.15) is 0 Å². The lowest BCUT2D eigenvalue weighted by molar-refractivity contribution is -0.137. The molecule has 0 radical (unpaired) electrons. The standard InChI is InChI=1S/C10H11F2NO2/c11-10(12)7-3-1-6(2-4-7)8(13)5-9(14)15/h1-4,8,10H,5,13H2,(H,14,15)/t8-/m0/s1. The zero-order valence-corrected chi connectivity index (χ0v) is 7.86. The number of halogens is 2. The fourth-order valence-electron chi connectivity index (χ4n) is 1.19. The Kier molecular flexibility index (Phi) is 3.74. The Bertz CT molecular complexity index is 338. The van der Waals surface area contributed by atoms with Gasteiger partial charge in [0.05, 0.1) is 6.42 Å². The van der Waals surface area contributed by atoms with Gasteiger partial charge in [-0.15, -0.1) is 0 Å². The molecule has 1 aromatic rings. The molecule has 0 bridgehead atoms. The van der Waals surface area contributed by atoms with Crippen LogP contribution in [0.5, 0.6) is 0 Å². The molecule has 3 N–H and O–H groups in total. The first-order valence-corrected chi connectivity index (χ1v) is 4.36. The van der Waals surface area contributed by atoms with Gasteiger partial charge < -0.3 is 10.8 Å². The van der Waals surface area contributed by atoms with E-state index < -0.39 is 18.4 Å². The van der Waals surface area contributed by atoms with Crippen molar-refractivity contribution >= 4 is 5.97 Å². The van der Waals surface area contributed by atoms with Gasteiger partial charge in [0.15, 0.2) is 0 Å². The van der Waals surface area contributed by atoms with Crippen LogP contribution in [-0.4, -0.2) is 11.1 Å². The van der Waals surface area contributed by atoms with E-state index in [1.807, 2.05) is 0 Å². The first-order valence-electron chi connectivity index (χ1n) is 4.36. The molecule has 0 amide bonds. The molecule has 0 fully saturated rings. The van der Waals surface area contributed by atoms with Crippen LogP contribution in [0.4, 0.5) is 8.78 Å². The first kappa shape index (κ1) is 11.6. The molecule has 0 aliphatic rings. The van der Waals surface area contributed by atoms with E-state index >= 15 is 0 Å². The van der Waals surface area contributed by atoms with Crippen LogP contribution in [0.15, 0.2) is 24.3 Å². The summed E-state index contributed by atoms with van der Waals surface area (Å²) in [4.78, 5) is 10.4. The normalized spacial score (nSPS) is 12.8. The van der Waals surface area contributed by atoms with Crippen molar-refractivity contribution in [3.63, 3.8) is 0 Å². The van der Waals surface area contributed by atoms with Crippen LogP contribution in [0.3, 0.4) is 0 Å². The summed E-state index contributed by atoms with van der Waals surface area (Å²) in [5, 5.41) is 8.49. The number of nitrogens with two attached hydrogens (primary N) is 1. The van der Waals surface area contributed by atoms with Crippen molar-refractivity contribution in [1.29, 1.82) is 0 Å². The van der Waals surface area contributed by atoms with E-state index in [1.54, 1.807) is 0 Å². The van der Waals surface area contributed by atoms with Gasteiger partial charge in [-0.05, 0) is 5.56 Å². The smallest absolute Gasteiger partial charge is 0.305 e. The number of benzene rings is 1. The molecule has 0 aliphatic heterocycles. The zero-order valence-electron chi connectivity index (χ0n) is 7.86. The van der Waals surface area contributed by atoms with Gasteiger partial charge in [0.25, 0.3) is 6.43 Å². The average Bonchev–Trinajstić information content (AvgIpc) is 2.17. The summed E-state index contributed by atoms with van der Waals surface area (Å²) < 4.78 is 24.4. The molecule has 1 aromatic carbocycles. The molecule has 0 heterocycles. The Labute approximate surface area is 85.5 Å². The predicted octanol–water partition coefficient (Wildman–Crippen LogP) is 2.10. The van der Waals surface area contributed by atoms with E-state index in [0.717, 1.165) is 0 Å². The van der Waals surface area contributed by atoms with Gasteiger partial charge in [0, 0.05) is 11.6 Å². The van der Waals surface area contributed by atoms with Crippen LogP contribution in [0.1, 0.15) is 30.0 Å². The number of alkyl halides is 2. The molecule has 5 heteroatoms. The van der Waals surface area contributed by atoms with Gasteiger partial charge in [0.1, 0.15) is 0 Å². The van der Waals surface area contributed by atoms with E-state index in [1.165, 1.54) is 24.3 Å². The number of carbonyl (C=O) groups is 1. The van der Waals surface area contributed by atoms with E-state index in [4.69, 9.17) is 10.8 Å². The maximum absolute atomic E-state index is 12.2. The zero-order chi connectivity index (χ0) is 11.4. The molecule has 0 saturated heterocycles. The third-order valence-corrected chi connectivity index (χ3v) is 2.01. The average molecular weight is 215 g/mol. The molecule has 1 atom stereocenters. The van der Waals surface area contributed by atoms with Gasteiger partial charge in [-0.3, -0.25) is 4.79 Å². The summed E-state index contributed by atoms with van der Waals surface area (Å²) >= 11 is 0. The monoisotopic (exact) mass is 215 g/mol. The van der Waals surface area contributed by atoms with Crippen molar-refractivity contribution in [2.24, 2.45) is 5.73 Å². The molecule has 82 valence electrons. The SMILES string of the molecule is N[C@@H](CC(=O)O)c1ccc(C(F)F)cc1. The lowest BCUT2D eigenvalue weighted by atomic mass is 10.0. The second-order valence-corrected chi connectivity index (χ2v) is 3.17. The highest BCUT2D eigenvalue weighted by atomic mass is 19.3. The molecular weight excluding hydrogens is 204 g/mol. The summed E-state index contributed by atoms with van der Waals surface area (Å²) in [5.74, 6) is -1.01. The number of carboxylic acids is 1. The van der Waals surface area contributed by atoms with Crippen LogP contribution in [-0.2, 0) is 4.79 Å². The van der Waals surface area contributed by atoms with Crippen LogP contribution >= 0.6 is 0 Å². The summed E-state index contributed by atoms with van der Waals surface area (Å²) in [6.45, 7) is 0. The molecule has 3 nitrogen and oxygen atoms in total. The molecule has 15 heavy (non-hydrogen) atoms. The number of aliphatic carboxylic acids is 1. The van der Waals surface area contributed by atoms with Crippen LogP contribution < -0.4 is 5.73 Å². The van der Waals surface area contributed by atoms with Crippen molar-refractivity contribution in [2.45, 2.75) is 18.9 Å². The van der Waals surface area contributed by atoms with E-state index in [2.05, 4.69) is 0 Å². The second-order valence-electron chi connectivity index (χ2n) is 3.17. The lowest BCUT2D eigenvalue weighted by Gasteiger charge is -2.09. The van der Waals surface area contributed by atoms with Crippen LogP contribution in [0.2, 0.25) is 0 Å². The van der Waals surface area contributed by atoms with E-state index in [0.29, 0.717) is 5.56 Å². The third kappa shape index (κ3) is 3.28. The third-order valence-electron chi connectivity index (χ3n) is 2.01. The molecule has 0 aliphatic carbocycles. The maximum atomic E-state index is 12.2. The van der Waals surface area contributed by atoms with Gasteiger partial charge in [0.2, 0.25) is 0 Å². The molecule has 0 saturated carbocycles. The topological polar surface area (TPSA) is 63.3 Å². The highest BCUT2D eigenvalue weighted by Crippen LogP contribution is 2.21. The van der Waals surface area contributed by atoms with Gasteiger partial charge >= 0.3 is 5.97 Å². The Morgan fingerprint density at radius 2 is 1.73 bits per heavy atom. The summed E-state index contributed by atoms with van der Waals surface area (Å²) in [7, 11) is 0. The van der Waals surface area contributed by atoms with E-state index in [9.17, 15) is 13.6 Å². The quantitative estimate of drug-likeness (QED) is 0.808. The maximum Gasteiger partial charge on any atom is 0.305 e. The van der Waals surface area contributed by atoms with E-state index in [-0.39, 0.29) is 12.0 Å². The van der Waals surface area contributed by atoms with Crippen molar-refractivity contribution in [1.82, 2.24) is 0 Å². The highest BCUT2D eigenvalue weighted by molar-refractivity contribution is 5.67. The summed E-state index contributed by atoms with van der Waals surface area (Å²) in [6.07, 6.45) is -2.73. The Morgan fingerprint density at radius 3 is 2.13 bits per heavy atom. The fraction of sp³-hybridized carbons (Fsp3) is 0.300. The Balaban J connectivity index is 2.75. The number of hydrogen-bond acceptors (Lipinski definition) is 2. The minimum absolute atomic E-state index is 0.0960.